The van der Waals surface area contributed by atoms with Crippen molar-refractivity contribution < 1.29 is 70.1 Å². The SMILES string of the molecule is CCO.CCO.[O-2].[O-2].[O-2].[Ti+3].[Ti+3]. The van der Waals surface area contributed by atoms with Gasteiger partial charge in [-0.3, -0.25) is 0 Å². The van der Waals surface area contributed by atoms with Gasteiger partial charge in [0.1, 0.15) is 0 Å². The maximum atomic E-state index is 7.57. The van der Waals surface area contributed by atoms with Crippen LogP contribution in [-0.2, 0) is 59.9 Å². The molecule has 0 saturated carbocycles. The van der Waals surface area contributed by atoms with Crippen LogP contribution in [0.1, 0.15) is 13.8 Å². The standard InChI is InChI=1S/2C2H6O.3O.2Ti/c2*1-2-3;;;;;/h2*3H,2H2,1H3;;;;;/q;;3*-2;2*+3. The summed E-state index contributed by atoms with van der Waals surface area (Å²) in [6.07, 6.45) is 0. The predicted molar refractivity (Wildman–Crippen MR) is 27.6 cm³/mol. The van der Waals surface area contributed by atoms with Gasteiger partial charge in [-0.1, -0.05) is 0 Å². The van der Waals surface area contributed by atoms with Crippen molar-refractivity contribution in [3.05, 3.63) is 0 Å². The minimum Gasteiger partial charge on any atom is -2.00 e. The summed E-state index contributed by atoms with van der Waals surface area (Å²) in [6.45, 7) is 3.86. The normalized spacial score (nSPS) is 3.27. The second kappa shape index (κ2) is 113. The van der Waals surface area contributed by atoms with Gasteiger partial charge in [0.15, 0.2) is 0 Å². The fourth-order valence-corrected chi connectivity index (χ4v) is 0. The molecule has 0 aromatic rings. The van der Waals surface area contributed by atoms with Crippen molar-refractivity contribution in [2.45, 2.75) is 13.8 Å². The van der Waals surface area contributed by atoms with Crippen molar-refractivity contribution >= 4 is 0 Å². The van der Waals surface area contributed by atoms with E-state index in [2.05, 4.69) is 0 Å². The van der Waals surface area contributed by atoms with E-state index in [-0.39, 0.29) is 73.1 Å². The largest absolute Gasteiger partial charge is 3.00 e. The molecule has 2 radical (unpaired) electrons. The molecule has 5 nitrogen and oxygen atoms in total. The molecule has 0 spiro atoms. The van der Waals surface area contributed by atoms with E-state index in [0.717, 1.165) is 0 Å². The molecule has 11 heavy (non-hydrogen) atoms. The summed E-state index contributed by atoms with van der Waals surface area (Å²) in [6, 6.07) is 0. The van der Waals surface area contributed by atoms with Gasteiger partial charge in [0, 0.05) is 13.2 Å². The summed E-state index contributed by atoms with van der Waals surface area (Å²) in [5, 5.41) is 15.1. The zero-order valence-corrected chi connectivity index (χ0v) is 9.66. The number of hydrogen-bond acceptors (Lipinski definition) is 2. The summed E-state index contributed by atoms with van der Waals surface area (Å²) < 4.78 is 0. The summed E-state index contributed by atoms with van der Waals surface area (Å²) in [5.41, 5.74) is 0. The molecule has 2 N–H and O–H groups in total. The van der Waals surface area contributed by atoms with Gasteiger partial charge in [-0.15, -0.1) is 0 Å². The van der Waals surface area contributed by atoms with Gasteiger partial charge in [0.05, 0.1) is 0 Å². The van der Waals surface area contributed by atoms with E-state index in [4.69, 9.17) is 10.2 Å². The van der Waals surface area contributed by atoms with E-state index in [9.17, 15) is 0 Å². The fourth-order valence-electron chi connectivity index (χ4n) is 0. The van der Waals surface area contributed by atoms with Crippen molar-refractivity contribution in [1.29, 1.82) is 0 Å². The van der Waals surface area contributed by atoms with Gasteiger partial charge in [0.2, 0.25) is 0 Å². The van der Waals surface area contributed by atoms with Crippen LogP contribution in [0.25, 0.3) is 0 Å². The molecule has 0 aromatic carbocycles. The zero-order valence-electron chi connectivity index (χ0n) is 6.53. The van der Waals surface area contributed by atoms with Crippen molar-refractivity contribution in [3.8, 4) is 0 Å². The molecule has 0 rings (SSSR count). The Morgan fingerprint density at radius 1 is 0.727 bits per heavy atom. The Bertz CT molecular complexity index is 18.4. The summed E-state index contributed by atoms with van der Waals surface area (Å²) in [5.74, 6) is 0. The van der Waals surface area contributed by atoms with Gasteiger partial charge >= 0.3 is 43.4 Å². The average Bonchev–Trinajstić information content (AvgIpc) is 1.39. The van der Waals surface area contributed by atoms with Crippen LogP contribution in [0.3, 0.4) is 0 Å². The monoisotopic (exact) mass is 236 g/mol. The third-order valence-corrected chi connectivity index (χ3v) is 0. The van der Waals surface area contributed by atoms with Crippen LogP contribution in [0, 0.1) is 0 Å². The van der Waals surface area contributed by atoms with E-state index in [0.29, 0.717) is 0 Å². The van der Waals surface area contributed by atoms with Gasteiger partial charge in [-0.25, -0.2) is 0 Å². The first-order chi connectivity index (χ1) is 2.83. The Labute approximate surface area is 96.9 Å². The second-order valence-electron chi connectivity index (χ2n) is 0.632. The third-order valence-electron chi connectivity index (χ3n) is 0. The van der Waals surface area contributed by atoms with Crippen molar-refractivity contribution in [2.24, 2.45) is 0 Å². The van der Waals surface area contributed by atoms with Crippen LogP contribution >= 0.6 is 0 Å². The van der Waals surface area contributed by atoms with Crippen LogP contribution in [-0.4, -0.2) is 23.4 Å². The van der Waals surface area contributed by atoms with E-state index >= 15 is 0 Å². The Morgan fingerprint density at radius 2 is 0.727 bits per heavy atom. The van der Waals surface area contributed by atoms with Crippen molar-refractivity contribution in [1.82, 2.24) is 0 Å². The maximum absolute atomic E-state index is 7.57. The summed E-state index contributed by atoms with van der Waals surface area (Å²) in [7, 11) is 0. The molecule has 0 unspecified atom stereocenters. The van der Waals surface area contributed by atoms with Crippen LogP contribution in [0.2, 0.25) is 0 Å². The van der Waals surface area contributed by atoms with E-state index in [1.165, 1.54) is 0 Å². The van der Waals surface area contributed by atoms with E-state index < -0.39 is 0 Å². The third kappa shape index (κ3) is 634. The minimum absolute atomic E-state index is 0. The van der Waals surface area contributed by atoms with Crippen molar-refractivity contribution in [3.63, 3.8) is 0 Å². The maximum Gasteiger partial charge on any atom is 3.00 e. The molecular weight excluding hydrogens is 224 g/mol. The number of aliphatic hydroxyl groups excluding tert-OH is 2. The summed E-state index contributed by atoms with van der Waals surface area (Å²) >= 11 is 0. The number of rotatable bonds is 0. The van der Waals surface area contributed by atoms with Crippen LogP contribution in [0.5, 0.6) is 0 Å². The smallest absolute Gasteiger partial charge is 2.00 e. The Balaban J connectivity index is -0.00000000400. The molecule has 0 fully saturated rings. The molecule has 66 valence electrons. The summed E-state index contributed by atoms with van der Waals surface area (Å²) in [4.78, 5) is 0. The molecule has 0 aliphatic rings. The first-order valence-corrected chi connectivity index (χ1v) is 2.05. The van der Waals surface area contributed by atoms with Gasteiger partial charge < -0.3 is 26.6 Å². The molecule has 0 bridgehead atoms. The van der Waals surface area contributed by atoms with Gasteiger partial charge in [-0.2, -0.15) is 0 Å². The van der Waals surface area contributed by atoms with Gasteiger partial charge in [-0.05, 0) is 13.8 Å². The van der Waals surface area contributed by atoms with Crippen LogP contribution in [0.4, 0.5) is 0 Å². The molecule has 0 aromatic heterocycles. The molecular formula is C4H12O5Ti2. The van der Waals surface area contributed by atoms with Crippen molar-refractivity contribution in [2.75, 3.05) is 13.2 Å². The van der Waals surface area contributed by atoms with E-state index in [1.807, 2.05) is 0 Å². The first kappa shape index (κ1) is 56.4. The molecule has 7 heteroatoms. The number of aliphatic hydroxyl groups is 2. The predicted octanol–water partition coefficient (Wildman–Crippen LogP) is -0.364. The molecule has 0 aliphatic heterocycles. The molecule has 0 aliphatic carbocycles. The second-order valence-corrected chi connectivity index (χ2v) is 0.632. The van der Waals surface area contributed by atoms with Crippen LogP contribution in [0.15, 0.2) is 0 Å². The quantitative estimate of drug-likeness (QED) is 0.556. The van der Waals surface area contributed by atoms with Gasteiger partial charge in [0.25, 0.3) is 0 Å². The fraction of sp³-hybridized carbons (Fsp3) is 1.00. The minimum atomic E-state index is 0. The Morgan fingerprint density at radius 3 is 0.727 bits per heavy atom. The molecule has 0 heterocycles. The topological polar surface area (TPSA) is 126 Å². The molecule has 0 amide bonds. The number of hydrogen-bond donors (Lipinski definition) is 2. The first-order valence-electron chi connectivity index (χ1n) is 2.05. The molecule has 0 saturated heterocycles. The average molecular weight is 236 g/mol. The van der Waals surface area contributed by atoms with Crippen LogP contribution < -0.4 is 0 Å². The Hall–Kier alpha value is 1.23. The molecule has 0 atom stereocenters. The Kier molecular flexibility index (Phi) is 578. The van der Waals surface area contributed by atoms with E-state index in [1.54, 1.807) is 13.8 Å². The zero-order chi connectivity index (χ0) is 5.41.